The molecule has 2 saturated carbocycles. The molecule has 0 radical (unpaired) electrons. The molecule has 0 amide bonds. The van der Waals surface area contributed by atoms with E-state index < -0.39 is 0 Å². The maximum Gasteiger partial charge on any atom is 0.0589 e. The number of rotatable bonds is 6. The summed E-state index contributed by atoms with van der Waals surface area (Å²) in [5.74, 6) is 1.96. The van der Waals surface area contributed by atoms with Crippen molar-refractivity contribution in [2.24, 2.45) is 11.8 Å². The van der Waals surface area contributed by atoms with E-state index in [2.05, 4.69) is 10.2 Å². The fourth-order valence-electron chi connectivity index (χ4n) is 3.83. The minimum absolute atomic E-state index is 0.764. The van der Waals surface area contributed by atoms with Crippen LogP contribution in [0.5, 0.6) is 0 Å². The molecule has 0 spiro atoms. The second-order valence-electron chi connectivity index (χ2n) is 6.09. The highest BCUT2D eigenvalue weighted by molar-refractivity contribution is 4.97. The highest BCUT2D eigenvalue weighted by Gasteiger charge is 2.41. The number of fused-ring (bicyclic) bond motifs is 1. The number of hydrogen-bond acceptors (Lipinski definition) is 3. The average Bonchev–Trinajstić information content (AvgIpc) is 2.95. The van der Waals surface area contributed by atoms with Crippen molar-refractivity contribution in [2.75, 3.05) is 33.4 Å². The molecule has 1 heterocycles. The van der Waals surface area contributed by atoms with E-state index in [1.165, 1.54) is 45.2 Å². The van der Waals surface area contributed by atoms with Crippen LogP contribution >= 0.6 is 0 Å². The van der Waals surface area contributed by atoms with Crippen molar-refractivity contribution in [3.05, 3.63) is 0 Å². The van der Waals surface area contributed by atoms with E-state index in [-0.39, 0.29) is 0 Å². The number of nitrogens with zero attached hydrogens (tertiary/aromatic N) is 1. The monoisotopic (exact) mass is 238 g/mol. The Balaban J connectivity index is 1.53. The van der Waals surface area contributed by atoms with Gasteiger partial charge in [-0.05, 0) is 44.1 Å². The largest absolute Gasteiger partial charge is 0.383 e. The third-order valence-electron chi connectivity index (χ3n) is 4.95. The van der Waals surface area contributed by atoms with Gasteiger partial charge in [-0.2, -0.15) is 0 Å². The van der Waals surface area contributed by atoms with Crippen LogP contribution in [0.1, 0.15) is 32.1 Å². The first-order valence-electron chi connectivity index (χ1n) is 7.35. The second kappa shape index (κ2) is 5.25. The molecule has 3 nitrogen and oxygen atoms in total. The smallest absolute Gasteiger partial charge is 0.0589 e. The summed E-state index contributed by atoms with van der Waals surface area (Å²) in [6.07, 6.45) is 7.21. The molecule has 1 aliphatic heterocycles. The molecule has 3 heteroatoms. The highest BCUT2D eigenvalue weighted by atomic mass is 16.5. The van der Waals surface area contributed by atoms with E-state index in [9.17, 15) is 0 Å². The lowest BCUT2D eigenvalue weighted by Gasteiger charge is -2.28. The molecule has 1 N–H and O–H groups in total. The number of ether oxygens (including phenoxy) is 1. The third kappa shape index (κ3) is 2.67. The Kier molecular flexibility index (Phi) is 3.69. The fraction of sp³-hybridized carbons (Fsp3) is 1.00. The molecule has 3 atom stereocenters. The van der Waals surface area contributed by atoms with Crippen LogP contribution < -0.4 is 5.32 Å². The third-order valence-corrected chi connectivity index (χ3v) is 4.95. The van der Waals surface area contributed by atoms with Crippen molar-refractivity contribution >= 4 is 0 Å². The Hall–Kier alpha value is -0.120. The molecule has 2 aliphatic carbocycles. The first-order chi connectivity index (χ1) is 8.38. The minimum atomic E-state index is 0.764. The summed E-state index contributed by atoms with van der Waals surface area (Å²) in [6.45, 7) is 4.54. The summed E-state index contributed by atoms with van der Waals surface area (Å²) in [5.41, 5.74) is 0. The topological polar surface area (TPSA) is 24.5 Å². The zero-order valence-electron chi connectivity index (χ0n) is 11.0. The van der Waals surface area contributed by atoms with Crippen LogP contribution in [0.15, 0.2) is 0 Å². The van der Waals surface area contributed by atoms with Gasteiger partial charge in [0.25, 0.3) is 0 Å². The van der Waals surface area contributed by atoms with Crippen molar-refractivity contribution in [1.29, 1.82) is 0 Å². The van der Waals surface area contributed by atoms with Gasteiger partial charge in [0, 0.05) is 32.3 Å². The standard InChI is InChI=1S/C14H26N2O/c1-17-8-7-16(12-5-6-12)10-14-13-4-2-3-11(13)9-15-14/h11-15H,2-10H2,1H3. The molecule has 1 saturated heterocycles. The van der Waals surface area contributed by atoms with Gasteiger partial charge in [0.2, 0.25) is 0 Å². The molecule has 0 bridgehead atoms. The van der Waals surface area contributed by atoms with Crippen molar-refractivity contribution in [1.82, 2.24) is 10.2 Å². The molecule has 3 unspecified atom stereocenters. The molecule has 98 valence electrons. The molecule has 3 rings (SSSR count). The van der Waals surface area contributed by atoms with Gasteiger partial charge in [-0.25, -0.2) is 0 Å². The van der Waals surface area contributed by atoms with Gasteiger partial charge in [0.05, 0.1) is 6.61 Å². The van der Waals surface area contributed by atoms with Crippen LogP contribution in [0.2, 0.25) is 0 Å². The molecule has 0 aromatic rings. The Morgan fingerprint density at radius 3 is 2.88 bits per heavy atom. The summed E-state index contributed by atoms with van der Waals surface area (Å²) >= 11 is 0. The van der Waals surface area contributed by atoms with Crippen molar-refractivity contribution in [3.8, 4) is 0 Å². The van der Waals surface area contributed by atoms with Crippen LogP contribution in [0.25, 0.3) is 0 Å². The lowest BCUT2D eigenvalue weighted by atomic mass is 9.94. The van der Waals surface area contributed by atoms with Crippen LogP contribution in [0.4, 0.5) is 0 Å². The molecule has 17 heavy (non-hydrogen) atoms. The molecular weight excluding hydrogens is 212 g/mol. The van der Waals surface area contributed by atoms with Crippen molar-refractivity contribution < 1.29 is 4.74 Å². The first kappa shape index (κ1) is 11.9. The van der Waals surface area contributed by atoms with E-state index >= 15 is 0 Å². The van der Waals surface area contributed by atoms with Gasteiger partial charge >= 0.3 is 0 Å². The van der Waals surface area contributed by atoms with Gasteiger partial charge in [-0.15, -0.1) is 0 Å². The second-order valence-corrected chi connectivity index (χ2v) is 6.09. The van der Waals surface area contributed by atoms with E-state index in [4.69, 9.17) is 4.74 Å². The molecular formula is C14H26N2O. The van der Waals surface area contributed by atoms with Gasteiger partial charge in [0.1, 0.15) is 0 Å². The number of nitrogens with one attached hydrogen (secondary N) is 1. The first-order valence-corrected chi connectivity index (χ1v) is 7.35. The average molecular weight is 238 g/mol. The molecule has 3 fully saturated rings. The van der Waals surface area contributed by atoms with Crippen LogP contribution in [0.3, 0.4) is 0 Å². The summed E-state index contributed by atoms with van der Waals surface area (Å²) in [6, 6.07) is 1.63. The Labute approximate surface area is 105 Å². The van der Waals surface area contributed by atoms with Gasteiger partial charge in [-0.3, -0.25) is 4.90 Å². The van der Waals surface area contributed by atoms with E-state index in [0.717, 1.165) is 37.1 Å². The Morgan fingerprint density at radius 2 is 2.12 bits per heavy atom. The van der Waals surface area contributed by atoms with E-state index in [1.54, 1.807) is 0 Å². The zero-order valence-corrected chi connectivity index (χ0v) is 11.0. The fourth-order valence-corrected chi connectivity index (χ4v) is 3.83. The van der Waals surface area contributed by atoms with E-state index in [0.29, 0.717) is 0 Å². The molecule has 0 aromatic heterocycles. The Morgan fingerprint density at radius 1 is 1.24 bits per heavy atom. The predicted molar refractivity (Wildman–Crippen MR) is 69.1 cm³/mol. The highest BCUT2D eigenvalue weighted by Crippen LogP contribution is 2.38. The van der Waals surface area contributed by atoms with E-state index in [1.807, 2.05) is 7.11 Å². The van der Waals surface area contributed by atoms with Crippen LogP contribution in [0, 0.1) is 11.8 Å². The van der Waals surface area contributed by atoms with Crippen molar-refractivity contribution in [2.45, 2.75) is 44.2 Å². The summed E-state index contributed by atoms with van der Waals surface area (Å²) in [5, 5.41) is 3.77. The maximum absolute atomic E-state index is 5.24. The van der Waals surface area contributed by atoms with Gasteiger partial charge < -0.3 is 10.1 Å². The normalized spacial score (nSPS) is 36.7. The maximum atomic E-state index is 5.24. The zero-order chi connectivity index (χ0) is 11.7. The quantitative estimate of drug-likeness (QED) is 0.759. The lowest BCUT2D eigenvalue weighted by Crippen LogP contribution is -2.43. The van der Waals surface area contributed by atoms with Crippen LogP contribution in [-0.4, -0.2) is 50.3 Å². The summed E-state index contributed by atoms with van der Waals surface area (Å²) in [4.78, 5) is 2.67. The van der Waals surface area contributed by atoms with Gasteiger partial charge in [0.15, 0.2) is 0 Å². The van der Waals surface area contributed by atoms with Gasteiger partial charge in [-0.1, -0.05) is 6.42 Å². The predicted octanol–water partition coefficient (Wildman–Crippen LogP) is 1.49. The van der Waals surface area contributed by atoms with Crippen LogP contribution in [-0.2, 0) is 4.74 Å². The lowest BCUT2D eigenvalue weighted by molar-refractivity contribution is 0.132. The Bertz CT molecular complexity index is 255. The number of methoxy groups -OCH3 is 1. The minimum Gasteiger partial charge on any atom is -0.383 e. The summed E-state index contributed by atoms with van der Waals surface area (Å²) < 4.78 is 5.24. The molecule has 3 aliphatic rings. The number of hydrogen-bond donors (Lipinski definition) is 1. The SMILES string of the molecule is COCCN(CC1NCC2CCCC21)C1CC1. The summed E-state index contributed by atoms with van der Waals surface area (Å²) in [7, 11) is 1.81. The molecule has 0 aromatic carbocycles. The van der Waals surface area contributed by atoms with Crippen molar-refractivity contribution in [3.63, 3.8) is 0 Å².